The van der Waals surface area contributed by atoms with E-state index in [4.69, 9.17) is 9.73 Å². The lowest BCUT2D eigenvalue weighted by Crippen LogP contribution is -2.43. The third kappa shape index (κ3) is 4.05. The first-order valence-electron chi connectivity index (χ1n) is 10.0. The molecule has 3 aliphatic heterocycles. The molecule has 1 aromatic rings. The zero-order valence-electron chi connectivity index (χ0n) is 16.0. The number of aliphatic imine (C=N–C) groups is 1. The first-order chi connectivity index (χ1) is 13.0. The summed E-state index contributed by atoms with van der Waals surface area (Å²) in [7, 11) is -2.85. The smallest absolute Gasteiger partial charge is 0.194 e. The van der Waals surface area contributed by atoms with Crippen LogP contribution < -0.4 is 5.32 Å². The summed E-state index contributed by atoms with van der Waals surface area (Å²) < 4.78 is 29.7. The average Bonchev–Trinajstić information content (AvgIpc) is 3.11. The average molecular weight is 517 g/mol. The highest BCUT2D eigenvalue weighted by atomic mass is 127. The van der Waals surface area contributed by atoms with Crippen molar-refractivity contribution in [3.63, 3.8) is 0 Å². The molecule has 154 valence electrons. The number of ether oxygens (including phenoxy) is 1. The minimum atomic E-state index is -2.85. The molecule has 2 saturated heterocycles. The van der Waals surface area contributed by atoms with E-state index < -0.39 is 9.84 Å². The maximum absolute atomic E-state index is 11.7. The lowest BCUT2D eigenvalue weighted by atomic mass is 9.92. The number of nitrogens with zero attached hydrogens (tertiary/aromatic N) is 2. The lowest BCUT2D eigenvalue weighted by Gasteiger charge is -2.27. The fraction of sp³-hybridized carbons (Fsp3) is 0.650. The van der Waals surface area contributed by atoms with Gasteiger partial charge in [0.1, 0.15) is 5.60 Å². The van der Waals surface area contributed by atoms with Crippen LogP contribution in [-0.2, 0) is 26.8 Å². The van der Waals surface area contributed by atoms with E-state index in [1.807, 2.05) is 0 Å². The summed E-state index contributed by atoms with van der Waals surface area (Å²) in [5.74, 6) is 1.70. The van der Waals surface area contributed by atoms with Gasteiger partial charge in [-0.25, -0.2) is 8.42 Å². The molecule has 1 spiro atoms. The third-order valence-electron chi connectivity index (χ3n) is 6.28. The fourth-order valence-electron chi connectivity index (χ4n) is 4.56. The highest BCUT2D eigenvalue weighted by Crippen LogP contribution is 2.43. The van der Waals surface area contributed by atoms with Gasteiger partial charge < -0.3 is 15.0 Å². The SMILES string of the molecule is I.O=S1(=O)CCC(CN=C(NC2CC2)N2CCC3(C2)OCc2ccccc23)C1. The van der Waals surface area contributed by atoms with Crippen molar-refractivity contribution in [1.29, 1.82) is 0 Å². The number of hydrogen-bond donors (Lipinski definition) is 1. The fourth-order valence-corrected chi connectivity index (χ4v) is 6.41. The van der Waals surface area contributed by atoms with Crippen LogP contribution in [0, 0.1) is 5.92 Å². The van der Waals surface area contributed by atoms with Crippen molar-refractivity contribution in [3.05, 3.63) is 35.4 Å². The Morgan fingerprint density at radius 2 is 2.11 bits per heavy atom. The van der Waals surface area contributed by atoms with Crippen LogP contribution in [0.2, 0.25) is 0 Å². The Bertz CT molecular complexity index is 871. The van der Waals surface area contributed by atoms with E-state index >= 15 is 0 Å². The van der Waals surface area contributed by atoms with E-state index in [2.05, 4.69) is 34.5 Å². The molecule has 1 N–H and O–H groups in total. The number of halogens is 1. The Kier molecular flexibility index (Phi) is 5.65. The second-order valence-electron chi connectivity index (χ2n) is 8.46. The van der Waals surface area contributed by atoms with Crippen LogP contribution in [0.25, 0.3) is 0 Å². The molecule has 5 rings (SSSR count). The molecule has 2 unspecified atom stereocenters. The number of guanidine groups is 1. The monoisotopic (exact) mass is 517 g/mol. The quantitative estimate of drug-likeness (QED) is 0.379. The van der Waals surface area contributed by atoms with Crippen molar-refractivity contribution in [1.82, 2.24) is 10.2 Å². The predicted octanol–water partition coefficient (Wildman–Crippen LogP) is 2.28. The second-order valence-corrected chi connectivity index (χ2v) is 10.7. The van der Waals surface area contributed by atoms with Crippen LogP contribution in [0.5, 0.6) is 0 Å². The number of sulfone groups is 1. The molecule has 1 saturated carbocycles. The maximum Gasteiger partial charge on any atom is 0.194 e. The normalized spacial score (nSPS) is 31.1. The number of hydrogen-bond acceptors (Lipinski definition) is 4. The van der Waals surface area contributed by atoms with Gasteiger partial charge in [0.25, 0.3) is 0 Å². The Morgan fingerprint density at radius 3 is 2.86 bits per heavy atom. The van der Waals surface area contributed by atoms with E-state index in [1.54, 1.807) is 0 Å². The molecule has 0 amide bonds. The van der Waals surface area contributed by atoms with Gasteiger partial charge in [-0.05, 0) is 42.7 Å². The van der Waals surface area contributed by atoms with E-state index in [0.717, 1.165) is 31.9 Å². The van der Waals surface area contributed by atoms with Crippen LogP contribution in [0.3, 0.4) is 0 Å². The van der Waals surface area contributed by atoms with Gasteiger partial charge in [0.05, 0.1) is 24.7 Å². The molecular weight excluding hydrogens is 489 g/mol. The molecule has 4 aliphatic rings. The van der Waals surface area contributed by atoms with E-state index in [1.165, 1.54) is 24.0 Å². The number of nitrogens with one attached hydrogen (secondary N) is 1. The lowest BCUT2D eigenvalue weighted by molar-refractivity contribution is -0.0262. The van der Waals surface area contributed by atoms with Gasteiger partial charge in [-0.3, -0.25) is 4.99 Å². The summed E-state index contributed by atoms with van der Waals surface area (Å²) >= 11 is 0. The predicted molar refractivity (Wildman–Crippen MR) is 120 cm³/mol. The molecule has 28 heavy (non-hydrogen) atoms. The summed E-state index contributed by atoms with van der Waals surface area (Å²) in [4.78, 5) is 7.16. The first-order valence-corrected chi connectivity index (χ1v) is 11.8. The zero-order valence-corrected chi connectivity index (χ0v) is 19.1. The summed E-state index contributed by atoms with van der Waals surface area (Å²) in [6.07, 6.45) is 4.08. The number of rotatable bonds is 3. The topological polar surface area (TPSA) is 71.0 Å². The molecule has 8 heteroatoms. The van der Waals surface area contributed by atoms with Crippen LogP contribution >= 0.6 is 24.0 Å². The summed E-state index contributed by atoms with van der Waals surface area (Å²) in [6, 6.07) is 9.04. The number of fused-ring (bicyclic) bond motifs is 2. The van der Waals surface area contributed by atoms with E-state index in [9.17, 15) is 8.42 Å². The third-order valence-corrected chi connectivity index (χ3v) is 8.12. The van der Waals surface area contributed by atoms with Gasteiger partial charge in [0.15, 0.2) is 15.8 Å². The summed E-state index contributed by atoms with van der Waals surface area (Å²) in [5.41, 5.74) is 2.39. The van der Waals surface area contributed by atoms with Crippen molar-refractivity contribution in [2.45, 2.75) is 43.9 Å². The molecule has 0 bridgehead atoms. The molecule has 1 aromatic carbocycles. The highest BCUT2D eigenvalue weighted by Gasteiger charge is 2.46. The Labute approximate surface area is 184 Å². The molecule has 3 fully saturated rings. The summed E-state index contributed by atoms with van der Waals surface area (Å²) in [6.45, 7) is 3.00. The molecule has 2 atom stereocenters. The van der Waals surface area contributed by atoms with Crippen LogP contribution in [0.4, 0.5) is 0 Å². The van der Waals surface area contributed by atoms with Crippen LogP contribution in [0.1, 0.15) is 36.8 Å². The molecular formula is C20H28IN3O3S. The number of likely N-dealkylation sites (tertiary alicyclic amines) is 1. The largest absolute Gasteiger partial charge is 0.364 e. The van der Waals surface area contributed by atoms with Crippen molar-refractivity contribution in [2.75, 3.05) is 31.1 Å². The van der Waals surface area contributed by atoms with Gasteiger partial charge in [-0.1, -0.05) is 24.3 Å². The zero-order chi connectivity index (χ0) is 18.5. The first kappa shape index (κ1) is 20.4. The Morgan fingerprint density at radius 1 is 1.29 bits per heavy atom. The maximum atomic E-state index is 11.7. The van der Waals surface area contributed by atoms with Crippen molar-refractivity contribution < 1.29 is 13.2 Å². The van der Waals surface area contributed by atoms with Gasteiger partial charge in [-0.2, -0.15) is 0 Å². The van der Waals surface area contributed by atoms with Gasteiger partial charge in [0, 0.05) is 19.1 Å². The van der Waals surface area contributed by atoms with Crippen molar-refractivity contribution >= 4 is 39.8 Å². The van der Waals surface area contributed by atoms with Gasteiger partial charge >= 0.3 is 0 Å². The van der Waals surface area contributed by atoms with Gasteiger partial charge in [-0.15, -0.1) is 24.0 Å². The minimum absolute atomic E-state index is 0. The van der Waals surface area contributed by atoms with Crippen molar-refractivity contribution in [2.24, 2.45) is 10.9 Å². The van der Waals surface area contributed by atoms with Gasteiger partial charge in [0.2, 0.25) is 0 Å². The second kappa shape index (κ2) is 7.75. The van der Waals surface area contributed by atoms with E-state index in [-0.39, 0.29) is 41.2 Å². The molecule has 6 nitrogen and oxygen atoms in total. The van der Waals surface area contributed by atoms with E-state index in [0.29, 0.717) is 24.9 Å². The minimum Gasteiger partial charge on any atom is -0.364 e. The standard InChI is InChI=1S/C20H27N3O3S.HI/c24-27(25)10-7-15(13-27)11-21-19(22-17-5-6-17)23-9-8-20(14-23)18-4-2-1-3-16(18)12-26-20;/h1-4,15,17H,5-14H2,(H,21,22);1H. The Balaban J connectivity index is 0.00000192. The molecule has 3 heterocycles. The summed E-state index contributed by atoms with van der Waals surface area (Å²) in [5, 5.41) is 3.58. The molecule has 0 radical (unpaired) electrons. The van der Waals surface area contributed by atoms with Crippen LogP contribution in [0.15, 0.2) is 29.3 Å². The Hall–Kier alpha value is -0.870. The molecule has 1 aliphatic carbocycles. The number of benzene rings is 1. The van der Waals surface area contributed by atoms with Crippen molar-refractivity contribution in [3.8, 4) is 0 Å². The van der Waals surface area contributed by atoms with Crippen LogP contribution in [-0.4, -0.2) is 56.5 Å². The highest BCUT2D eigenvalue weighted by molar-refractivity contribution is 14.0. The molecule has 0 aromatic heterocycles.